The number of carbonyl (C=O) groups excluding carboxylic acids is 4. The molecule has 0 radical (unpaired) electrons. The van der Waals surface area contributed by atoms with Crippen molar-refractivity contribution in [3.05, 3.63) is 24.3 Å². The van der Waals surface area contributed by atoms with Crippen LogP contribution in [0.2, 0.25) is 0 Å². The van der Waals surface area contributed by atoms with Crippen LogP contribution in [0.4, 0.5) is 0 Å². The zero-order valence-electron chi connectivity index (χ0n) is 21.9. The lowest BCUT2D eigenvalue weighted by atomic mass is 10.1. The topological polar surface area (TPSA) is 125 Å². The summed E-state index contributed by atoms with van der Waals surface area (Å²) in [6, 6.07) is 0. The van der Waals surface area contributed by atoms with Crippen LogP contribution in [0.5, 0.6) is 0 Å². The van der Waals surface area contributed by atoms with Crippen LogP contribution in [0.25, 0.3) is 0 Å². The number of aliphatic hydroxyl groups excluding tert-OH is 1. The molecule has 0 rings (SSSR count). The molecular formula is C27H44O9. The Hall–Kier alpha value is -2.68. The van der Waals surface area contributed by atoms with Gasteiger partial charge in [0.1, 0.15) is 19.3 Å². The first-order valence-electron chi connectivity index (χ1n) is 12.9. The van der Waals surface area contributed by atoms with Crippen molar-refractivity contribution in [3.8, 4) is 0 Å². The molecule has 0 aliphatic heterocycles. The van der Waals surface area contributed by atoms with E-state index < -0.39 is 18.0 Å². The summed E-state index contributed by atoms with van der Waals surface area (Å²) in [4.78, 5) is 44.6. The van der Waals surface area contributed by atoms with Gasteiger partial charge < -0.3 is 24.1 Å². The molecule has 0 unspecified atom stereocenters. The average molecular weight is 513 g/mol. The lowest BCUT2D eigenvalue weighted by molar-refractivity contribution is -0.146. The molecule has 0 spiro atoms. The van der Waals surface area contributed by atoms with Crippen molar-refractivity contribution in [1.29, 1.82) is 0 Å². The minimum absolute atomic E-state index is 0.250. The van der Waals surface area contributed by atoms with Crippen molar-refractivity contribution in [2.24, 2.45) is 0 Å². The van der Waals surface area contributed by atoms with Crippen molar-refractivity contribution in [1.82, 2.24) is 0 Å². The van der Waals surface area contributed by atoms with E-state index in [1.165, 1.54) is 26.0 Å². The highest BCUT2D eigenvalue weighted by Gasteiger charge is 2.09. The van der Waals surface area contributed by atoms with Gasteiger partial charge >= 0.3 is 23.9 Å². The lowest BCUT2D eigenvalue weighted by Crippen LogP contribution is -2.24. The van der Waals surface area contributed by atoms with Crippen molar-refractivity contribution < 1.29 is 43.2 Å². The van der Waals surface area contributed by atoms with Crippen molar-refractivity contribution in [2.75, 3.05) is 26.4 Å². The highest BCUT2D eigenvalue weighted by atomic mass is 16.6. The molecule has 0 aromatic heterocycles. The summed E-state index contributed by atoms with van der Waals surface area (Å²) in [6.07, 6.45) is 16.3. The number of hydrogen-bond donors (Lipinski definition) is 1. The SMILES string of the molecule is CC(=O)OCCCCCCC/C=C/C(=O)OCC(O)COC(=O)/C=C/CCCCCCCOC(C)=O. The second kappa shape index (κ2) is 24.0. The van der Waals surface area contributed by atoms with E-state index in [1.54, 1.807) is 12.2 Å². The van der Waals surface area contributed by atoms with Gasteiger partial charge in [-0.15, -0.1) is 0 Å². The van der Waals surface area contributed by atoms with Crippen molar-refractivity contribution in [3.63, 3.8) is 0 Å². The fraction of sp³-hybridized carbons (Fsp3) is 0.704. The Kier molecular flexibility index (Phi) is 22.2. The minimum atomic E-state index is -1.08. The van der Waals surface area contributed by atoms with Gasteiger partial charge in [-0.05, 0) is 38.5 Å². The average Bonchev–Trinajstić information content (AvgIpc) is 2.83. The maximum atomic E-state index is 11.7. The molecule has 0 saturated heterocycles. The van der Waals surface area contributed by atoms with Gasteiger partial charge in [-0.3, -0.25) is 9.59 Å². The van der Waals surface area contributed by atoms with E-state index in [2.05, 4.69) is 0 Å². The van der Waals surface area contributed by atoms with Crippen molar-refractivity contribution in [2.45, 2.75) is 97.0 Å². The van der Waals surface area contributed by atoms with Gasteiger partial charge in [0.05, 0.1) is 13.2 Å². The summed E-state index contributed by atoms with van der Waals surface area (Å²) in [7, 11) is 0. The first-order valence-corrected chi connectivity index (χ1v) is 12.9. The number of rotatable bonds is 22. The number of hydrogen-bond acceptors (Lipinski definition) is 9. The molecular weight excluding hydrogens is 468 g/mol. The van der Waals surface area contributed by atoms with Crippen LogP contribution in [0, 0.1) is 0 Å². The van der Waals surface area contributed by atoms with E-state index in [9.17, 15) is 24.3 Å². The molecule has 0 fully saturated rings. The standard InChI is InChI=1S/C27H44O9/c1-23(28)33-19-15-11-7-3-5-9-13-17-26(31)35-21-25(30)22-36-27(32)18-14-10-6-4-8-12-16-20-34-24(2)29/h13-14,17-18,25,30H,3-12,15-16,19-22H2,1-2H3/b17-13+,18-14+. The van der Waals surface area contributed by atoms with E-state index in [4.69, 9.17) is 18.9 Å². The van der Waals surface area contributed by atoms with Gasteiger partial charge in [0.2, 0.25) is 0 Å². The maximum Gasteiger partial charge on any atom is 0.330 e. The smallest absolute Gasteiger partial charge is 0.330 e. The molecule has 0 bridgehead atoms. The summed E-state index contributed by atoms with van der Waals surface area (Å²) in [6.45, 7) is 3.23. The van der Waals surface area contributed by atoms with E-state index in [0.29, 0.717) is 13.2 Å². The predicted octanol–water partition coefficient (Wildman–Crippen LogP) is 4.35. The lowest BCUT2D eigenvalue weighted by Gasteiger charge is -2.10. The Morgan fingerprint density at radius 3 is 1.33 bits per heavy atom. The summed E-state index contributed by atoms with van der Waals surface area (Å²) in [5, 5.41) is 9.81. The third kappa shape index (κ3) is 25.9. The summed E-state index contributed by atoms with van der Waals surface area (Å²) in [5.41, 5.74) is 0. The van der Waals surface area contributed by atoms with E-state index in [0.717, 1.165) is 77.0 Å². The first kappa shape index (κ1) is 33.3. The number of unbranched alkanes of at least 4 members (excludes halogenated alkanes) is 10. The second-order valence-electron chi connectivity index (χ2n) is 8.51. The van der Waals surface area contributed by atoms with E-state index in [-0.39, 0.29) is 25.2 Å². The summed E-state index contributed by atoms with van der Waals surface area (Å²) >= 11 is 0. The van der Waals surface area contributed by atoms with Crippen LogP contribution < -0.4 is 0 Å². The molecule has 0 atom stereocenters. The Bertz CT molecular complexity index is 614. The molecule has 1 N–H and O–H groups in total. The Morgan fingerprint density at radius 1 is 0.583 bits per heavy atom. The normalized spacial score (nSPS) is 11.2. The van der Waals surface area contributed by atoms with Gasteiger partial charge in [0.15, 0.2) is 0 Å². The fourth-order valence-electron chi connectivity index (χ4n) is 3.08. The van der Waals surface area contributed by atoms with Gasteiger partial charge in [-0.1, -0.05) is 50.7 Å². The quantitative estimate of drug-likeness (QED) is 0.0975. The molecule has 0 saturated carbocycles. The molecule has 0 aromatic carbocycles. The van der Waals surface area contributed by atoms with Gasteiger partial charge in [-0.25, -0.2) is 9.59 Å². The highest BCUT2D eigenvalue weighted by Crippen LogP contribution is 2.07. The number of ether oxygens (including phenoxy) is 4. The largest absolute Gasteiger partial charge is 0.466 e. The fourth-order valence-corrected chi connectivity index (χ4v) is 3.08. The third-order valence-corrected chi connectivity index (χ3v) is 4.98. The second-order valence-corrected chi connectivity index (χ2v) is 8.51. The van der Waals surface area contributed by atoms with Crippen LogP contribution >= 0.6 is 0 Å². The molecule has 9 nitrogen and oxygen atoms in total. The zero-order chi connectivity index (χ0) is 26.9. The highest BCUT2D eigenvalue weighted by molar-refractivity contribution is 5.82. The molecule has 0 heterocycles. The van der Waals surface area contributed by atoms with Crippen LogP contribution in [-0.4, -0.2) is 61.5 Å². The molecule has 0 amide bonds. The van der Waals surface area contributed by atoms with E-state index >= 15 is 0 Å². The molecule has 36 heavy (non-hydrogen) atoms. The van der Waals surface area contributed by atoms with Crippen LogP contribution in [0.1, 0.15) is 90.9 Å². The monoisotopic (exact) mass is 512 g/mol. The van der Waals surface area contributed by atoms with Crippen LogP contribution in [0.15, 0.2) is 24.3 Å². The Labute approximate surface area is 215 Å². The number of carbonyl (C=O) groups is 4. The molecule has 9 heteroatoms. The van der Waals surface area contributed by atoms with E-state index in [1.807, 2.05) is 0 Å². The third-order valence-electron chi connectivity index (χ3n) is 4.98. The zero-order valence-corrected chi connectivity index (χ0v) is 21.9. The summed E-state index contributed by atoms with van der Waals surface area (Å²) < 4.78 is 19.6. The molecule has 206 valence electrons. The van der Waals surface area contributed by atoms with Crippen molar-refractivity contribution >= 4 is 23.9 Å². The first-order chi connectivity index (χ1) is 17.3. The Balaban J connectivity index is 3.62. The molecule has 0 aromatic rings. The Morgan fingerprint density at radius 2 is 0.944 bits per heavy atom. The number of allylic oxidation sites excluding steroid dienone is 2. The van der Waals surface area contributed by atoms with Gasteiger partial charge in [0.25, 0.3) is 0 Å². The van der Waals surface area contributed by atoms with Crippen LogP contribution in [0.3, 0.4) is 0 Å². The van der Waals surface area contributed by atoms with Gasteiger partial charge in [0, 0.05) is 26.0 Å². The minimum Gasteiger partial charge on any atom is -0.466 e. The summed E-state index contributed by atoms with van der Waals surface area (Å²) in [5.74, 6) is -1.60. The van der Waals surface area contributed by atoms with Crippen LogP contribution in [-0.2, 0) is 38.1 Å². The van der Waals surface area contributed by atoms with Gasteiger partial charge in [-0.2, -0.15) is 0 Å². The maximum absolute atomic E-state index is 11.7. The number of aliphatic hydroxyl groups is 1. The molecule has 0 aliphatic carbocycles. The molecule has 0 aliphatic rings. The predicted molar refractivity (Wildman–Crippen MR) is 135 cm³/mol. The number of esters is 4.